The van der Waals surface area contributed by atoms with Gasteiger partial charge in [-0.25, -0.2) is 19.6 Å². The quantitative estimate of drug-likeness (QED) is 0.326. The number of methoxy groups -OCH3 is 1. The number of hydrogen-bond acceptors (Lipinski definition) is 9. The van der Waals surface area contributed by atoms with Gasteiger partial charge in [0.25, 0.3) is 0 Å². The van der Waals surface area contributed by atoms with Crippen molar-refractivity contribution in [1.29, 1.82) is 0 Å². The van der Waals surface area contributed by atoms with Crippen LogP contribution in [0.15, 0.2) is 49.2 Å². The second kappa shape index (κ2) is 10.4. The van der Waals surface area contributed by atoms with Gasteiger partial charge in [0.05, 0.1) is 48.2 Å². The van der Waals surface area contributed by atoms with Gasteiger partial charge in [-0.3, -0.25) is 0 Å². The summed E-state index contributed by atoms with van der Waals surface area (Å²) in [7, 11) is 3.38. The minimum absolute atomic E-state index is 0.131. The fourth-order valence-electron chi connectivity index (χ4n) is 3.57. The van der Waals surface area contributed by atoms with Crippen molar-refractivity contribution in [2.75, 3.05) is 32.6 Å². The van der Waals surface area contributed by atoms with E-state index in [1.807, 2.05) is 29.1 Å². The zero-order valence-electron chi connectivity index (χ0n) is 19.7. The van der Waals surface area contributed by atoms with E-state index in [0.717, 1.165) is 28.0 Å². The maximum absolute atomic E-state index is 10.0. The second-order valence-electron chi connectivity index (χ2n) is 8.15. The minimum Gasteiger partial charge on any atom is -0.497 e. The Kier molecular flexibility index (Phi) is 7.19. The standard InChI is InChI=1S/C24H29N7O3/c1-15(2)31-24-21(12-28-31)23(29-17-9-26-14-27-10-17)8-22(30-24)16-5-19(33-4)7-20(6-16)34-13-18(32)11-25-3/h5-10,12,14-15,18,25,32H,11,13H2,1-4H3,(H,29,30). The molecule has 0 aliphatic rings. The molecule has 0 saturated carbocycles. The van der Waals surface area contributed by atoms with Gasteiger partial charge in [0, 0.05) is 24.2 Å². The van der Waals surface area contributed by atoms with Crippen molar-refractivity contribution >= 4 is 22.4 Å². The van der Waals surface area contributed by atoms with Crippen LogP contribution in [0.5, 0.6) is 11.5 Å². The van der Waals surface area contributed by atoms with Gasteiger partial charge in [-0.15, -0.1) is 0 Å². The predicted molar refractivity (Wildman–Crippen MR) is 131 cm³/mol. The summed E-state index contributed by atoms with van der Waals surface area (Å²) in [4.78, 5) is 13.1. The van der Waals surface area contributed by atoms with Crippen LogP contribution in [-0.4, -0.2) is 63.3 Å². The number of aliphatic hydroxyl groups is 1. The van der Waals surface area contributed by atoms with Crippen molar-refractivity contribution in [2.24, 2.45) is 0 Å². The van der Waals surface area contributed by atoms with Gasteiger partial charge in [-0.1, -0.05) is 0 Å². The summed E-state index contributed by atoms with van der Waals surface area (Å²) in [5, 5.41) is 21.8. The average molecular weight is 464 g/mol. The molecule has 0 aliphatic heterocycles. The first-order valence-electron chi connectivity index (χ1n) is 11.0. The topological polar surface area (TPSA) is 119 Å². The lowest BCUT2D eigenvalue weighted by atomic mass is 10.1. The van der Waals surface area contributed by atoms with Crippen LogP contribution in [0.4, 0.5) is 11.4 Å². The van der Waals surface area contributed by atoms with Crippen LogP contribution in [0.1, 0.15) is 19.9 Å². The molecule has 178 valence electrons. The number of benzene rings is 1. The molecule has 0 amide bonds. The Morgan fingerprint density at radius 2 is 1.82 bits per heavy atom. The molecule has 0 aliphatic carbocycles. The number of ether oxygens (including phenoxy) is 2. The van der Waals surface area contributed by atoms with Crippen molar-refractivity contribution in [2.45, 2.75) is 26.0 Å². The molecule has 3 heterocycles. The molecule has 0 fully saturated rings. The van der Waals surface area contributed by atoms with E-state index in [1.165, 1.54) is 6.33 Å². The van der Waals surface area contributed by atoms with Gasteiger partial charge in [0.2, 0.25) is 0 Å². The molecular formula is C24H29N7O3. The van der Waals surface area contributed by atoms with E-state index in [0.29, 0.717) is 23.7 Å². The second-order valence-corrected chi connectivity index (χ2v) is 8.15. The molecule has 3 N–H and O–H groups in total. The SMILES string of the molecule is CNCC(O)COc1cc(OC)cc(-c2cc(Nc3cncnc3)c3cnn(C(C)C)c3n2)c1. The molecule has 10 heteroatoms. The largest absolute Gasteiger partial charge is 0.497 e. The summed E-state index contributed by atoms with van der Waals surface area (Å²) in [5.74, 6) is 1.20. The molecule has 0 saturated heterocycles. The van der Waals surface area contributed by atoms with Crippen LogP contribution >= 0.6 is 0 Å². The zero-order chi connectivity index (χ0) is 24.1. The highest BCUT2D eigenvalue weighted by molar-refractivity contribution is 5.93. The Morgan fingerprint density at radius 3 is 2.53 bits per heavy atom. The number of aliphatic hydroxyl groups excluding tert-OH is 1. The van der Waals surface area contributed by atoms with Crippen molar-refractivity contribution in [1.82, 2.24) is 30.0 Å². The Hall–Kier alpha value is -3.76. The van der Waals surface area contributed by atoms with E-state index < -0.39 is 6.10 Å². The van der Waals surface area contributed by atoms with Crippen LogP contribution in [0.3, 0.4) is 0 Å². The Bertz CT molecular complexity index is 1240. The lowest BCUT2D eigenvalue weighted by Crippen LogP contribution is -2.29. The molecule has 10 nitrogen and oxygen atoms in total. The van der Waals surface area contributed by atoms with Crippen LogP contribution in [0, 0.1) is 0 Å². The van der Waals surface area contributed by atoms with Crippen LogP contribution in [-0.2, 0) is 0 Å². The summed E-state index contributed by atoms with van der Waals surface area (Å²) in [6, 6.07) is 7.65. The average Bonchev–Trinajstić information content (AvgIpc) is 3.28. The van der Waals surface area contributed by atoms with Gasteiger partial charge in [0.1, 0.15) is 30.5 Å². The van der Waals surface area contributed by atoms with Crippen LogP contribution in [0.2, 0.25) is 0 Å². The molecule has 0 radical (unpaired) electrons. The van der Waals surface area contributed by atoms with Gasteiger partial charge < -0.3 is 25.2 Å². The van der Waals surface area contributed by atoms with Crippen LogP contribution in [0.25, 0.3) is 22.3 Å². The highest BCUT2D eigenvalue weighted by atomic mass is 16.5. The van der Waals surface area contributed by atoms with Gasteiger partial charge in [-0.05, 0) is 39.1 Å². The Morgan fingerprint density at radius 1 is 1.06 bits per heavy atom. The summed E-state index contributed by atoms with van der Waals surface area (Å²) >= 11 is 0. The highest BCUT2D eigenvalue weighted by Crippen LogP contribution is 2.34. The number of fused-ring (bicyclic) bond motifs is 1. The molecule has 4 rings (SSSR count). The van der Waals surface area contributed by atoms with E-state index in [1.54, 1.807) is 32.6 Å². The van der Waals surface area contributed by atoms with Crippen molar-refractivity contribution in [3.63, 3.8) is 0 Å². The van der Waals surface area contributed by atoms with E-state index in [-0.39, 0.29) is 12.6 Å². The number of hydrogen-bond donors (Lipinski definition) is 3. The molecule has 1 unspecified atom stereocenters. The molecule has 0 spiro atoms. The number of likely N-dealkylation sites (N-methyl/N-ethyl adjacent to an activating group) is 1. The fraction of sp³-hybridized carbons (Fsp3) is 0.333. The third-order valence-corrected chi connectivity index (χ3v) is 5.19. The Balaban J connectivity index is 1.78. The summed E-state index contributed by atoms with van der Waals surface area (Å²) in [6.07, 6.45) is 6.08. The molecule has 0 bridgehead atoms. The molecule has 1 aromatic carbocycles. The minimum atomic E-state index is -0.626. The predicted octanol–water partition coefficient (Wildman–Crippen LogP) is 3.18. The third-order valence-electron chi connectivity index (χ3n) is 5.19. The lowest BCUT2D eigenvalue weighted by molar-refractivity contribution is 0.108. The zero-order valence-corrected chi connectivity index (χ0v) is 19.7. The fourth-order valence-corrected chi connectivity index (χ4v) is 3.57. The molecule has 3 aromatic heterocycles. The number of rotatable bonds is 10. The van der Waals surface area contributed by atoms with E-state index in [9.17, 15) is 5.11 Å². The first kappa shape index (κ1) is 23.4. The Labute approximate surface area is 198 Å². The number of nitrogens with one attached hydrogen (secondary N) is 2. The van der Waals surface area contributed by atoms with Crippen LogP contribution < -0.4 is 20.1 Å². The van der Waals surface area contributed by atoms with Crippen molar-refractivity contribution in [3.8, 4) is 22.8 Å². The molecular weight excluding hydrogens is 434 g/mol. The normalized spacial score (nSPS) is 12.2. The number of anilines is 2. The third kappa shape index (κ3) is 5.24. The number of nitrogens with zero attached hydrogens (tertiary/aromatic N) is 5. The van der Waals surface area contributed by atoms with Gasteiger partial charge in [0.15, 0.2) is 5.65 Å². The summed E-state index contributed by atoms with van der Waals surface area (Å²) in [6.45, 7) is 4.72. The smallest absolute Gasteiger partial charge is 0.160 e. The van der Waals surface area contributed by atoms with E-state index >= 15 is 0 Å². The maximum atomic E-state index is 10.0. The first-order valence-corrected chi connectivity index (χ1v) is 11.0. The summed E-state index contributed by atoms with van der Waals surface area (Å²) < 4.78 is 13.2. The van der Waals surface area contributed by atoms with Crippen molar-refractivity contribution in [3.05, 3.63) is 49.2 Å². The van der Waals surface area contributed by atoms with Gasteiger partial charge in [-0.2, -0.15) is 5.10 Å². The molecule has 1 atom stereocenters. The maximum Gasteiger partial charge on any atom is 0.160 e. The van der Waals surface area contributed by atoms with E-state index in [2.05, 4.69) is 39.5 Å². The number of pyridine rings is 1. The van der Waals surface area contributed by atoms with Gasteiger partial charge >= 0.3 is 0 Å². The highest BCUT2D eigenvalue weighted by Gasteiger charge is 2.16. The molecule has 34 heavy (non-hydrogen) atoms. The number of aromatic nitrogens is 5. The summed E-state index contributed by atoms with van der Waals surface area (Å²) in [5.41, 5.74) is 3.86. The first-order chi connectivity index (χ1) is 16.5. The van der Waals surface area contributed by atoms with Crippen molar-refractivity contribution < 1.29 is 14.6 Å². The molecule has 4 aromatic rings. The van der Waals surface area contributed by atoms with E-state index in [4.69, 9.17) is 14.5 Å². The lowest BCUT2D eigenvalue weighted by Gasteiger charge is -2.15. The monoisotopic (exact) mass is 463 g/mol.